The van der Waals surface area contributed by atoms with Crippen LogP contribution in [0, 0.1) is 24.1 Å². The first-order chi connectivity index (χ1) is 32.3. The number of likely N-dealkylation sites (tertiary alicyclic amines) is 1. The number of alkyl halides is 2. The normalized spacial score (nSPS) is 24.5. The number of para-hydroxylation sites is 1. The minimum atomic E-state index is -2.97. The van der Waals surface area contributed by atoms with Gasteiger partial charge in [-0.15, -0.1) is 10.2 Å². The summed E-state index contributed by atoms with van der Waals surface area (Å²) in [4.78, 5) is 38.9. The van der Waals surface area contributed by atoms with Crippen LogP contribution in [0.15, 0.2) is 67.0 Å². The summed E-state index contributed by atoms with van der Waals surface area (Å²) in [5.74, 6) is -4.10. The molecule has 3 aromatic heterocycles. The predicted octanol–water partition coefficient (Wildman–Crippen LogP) is 7.89. The molecular formula is C50H58F3N11O3. The fourth-order valence-corrected chi connectivity index (χ4v) is 12.3. The number of nitrogens with one attached hydrogen (secondary N) is 1. The molecule has 17 heteroatoms. The van der Waals surface area contributed by atoms with Crippen LogP contribution in [-0.4, -0.2) is 112 Å². The number of hydrogen-bond acceptors (Lipinski definition) is 11. The molecule has 8 heterocycles. The molecule has 67 heavy (non-hydrogen) atoms. The monoisotopic (exact) mass is 917 g/mol. The van der Waals surface area contributed by atoms with Gasteiger partial charge in [-0.2, -0.15) is 0 Å². The molecule has 0 radical (unpaired) electrons. The van der Waals surface area contributed by atoms with Gasteiger partial charge in [0.2, 0.25) is 5.91 Å². The van der Waals surface area contributed by atoms with Crippen LogP contribution in [0.2, 0.25) is 0 Å². The van der Waals surface area contributed by atoms with Gasteiger partial charge in [0.05, 0.1) is 35.5 Å². The second kappa shape index (κ2) is 16.9. The van der Waals surface area contributed by atoms with Crippen LogP contribution in [0.25, 0.3) is 22.3 Å². The van der Waals surface area contributed by atoms with E-state index in [0.29, 0.717) is 67.9 Å². The number of imide groups is 1. The highest BCUT2D eigenvalue weighted by Crippen LogP contribution is 2.49. The van der Waals surface area contributed by atoms with Crippen LogP contribution in [-0.2, 0) is 4.79 Å². The smallest absolute Gasteiger partial charge is 0.328 e. The van der Waals surface area contributed by atoms with E-state index in [4.69, 9.17) is 10.7 Å². The Morgan fingerprint density at radius 3 is 2.33 bits per heavy atom. The van der Waals surface area contributed by atoms with E-state index in [9.17, 15) is 14.7 Å². The van der Waals surface area contributed by atoms with E-state index in [2.05, 4.69) is 47.9 Å². The van der Waals surface area contributed by atoms with Gasteiger partial charge in [0, 0.05) is 86.0 Å². The van der Waals surface area contributed by atoms with Crippen molar-refractivity contribution >= 4 is 51.5 Å². The summed E-state index contributed by atoms with van der Waals surface area (Å²) in [5.41, 5.74) is 12.2. The van der Waals surface area contributed by atoms with Gasteiger partial charge in [-0.3, -0.25) is 15.0 Å². The molecule has 4 N–H and O–H groups in total. The highest BCUT2D eigenvalue weighted by Gasteiger charge is 2.48. The molecule has 2 bridgehead atoms. The lowest BCUT2D eigenvalue weighted by Crippen LogP contribution is -2.54. The summed E-state index contributed by atoms with van der Waals surface area (Å²) in [5, 5.41) is 22.3. The number of nitrogen functional groups attached to an aromatic ring is 1. The number of aryl methyl sites for hydroxylation is 1. The Morgan fingerprint density at radius 2 is 1.60 bits per heavy atom. The number of aromatic nitrogens is 4. The summed E-state index contributed by atoms with van der Waals surface area (Å²) >= 11 is 0. The first-order valence-electron chi connectivity index (χ1n) is 24.0. The van der Waals surface area contributed by atoms with Crippen molar-refractivity contribution in [3.63, 3.8) is 0 Å². The number of anilines is 5. The van der Waals surface area contributed by atoms with Crippen molar-refractivity contribution in [1.29, 1.82) is 0 Å². The molecule has 3 atom stereocenters. The number of piperidine rings is 2. The number of pyridine rings is 1. The summed E-state index contributed by atoms with van der Waals surface area (Å²) in [7, 11) is 0. The molecule has 5 saturated heterocycles. The molecule has 1 saturated carbocycles. The van der Waals surface area contributed by atoms with Crippen molar-refractivity contribution in [2.75, 3.05) is 77.7 Å². The van der Waals surface area contributed by atoms with Gasteiger partial charge in [0.15, 0.2) is 5.82 Å². The van der Waals surface area contributed by atoms with Crippen LogP contribution in [0.3, 0.4) is 0 Å². The van der Waals surface area contributed by atoms with E-state index < -0.39 is 30.2 Å². The van der Waals surface area contributed by atoms with Crippen molar-refractivity contribution in [2.24, 2.45) is 11.3 Å². The van der Waals surface area contributed by atoms with Gasteiger partial charge in [-0.25, -0.2) is 22.9 Å². The van der Waals surface area contributed by atoms with E-state index in [1.165, 1.54) is 6.07 Å². The maximum Gasteiger partial charge on any atom is 0.328 e. The van der Waals surface area contributed by atoms with Gasteiger partial charge in [-0.1, -0.05) is 12.1 Å². The summed E-state index contributed by atoms with van der Waals surface area (Å²) in [6.07, 6.45) is 12.5. The number of fused-ring (bicyclic) bond motifs is 3. The lowest BCUT2D eigenvalue weighted by atomic mass is 9.67. The van der Waals surface area contributed by atoms with E-state index in [1.54, 1.807) is 46.3 Å². The van der Waals surface area contributed by atoms with Crippen LogP contribution < -0.4 is 30.7 Å². The molecule has 5 aromatic rings. The SMILES string of the molecule is Cc1cn(C2CCC3(CC2)CCN(CC2CCN(c4cc(N5C6CCC5CN(c5cc(-c7ccccc7O)nnc5N)C6)ccc4F)CC2(F)F)CC3)c2ncc(N3CCC(=O)NC3=O)cc12. The highest BCUT2D eigenvalue weighted by molar-refractivity contribution is 6.06. The number of hydrogen-bond donors (Lipinski definition) is 3. The number of carbonyl (C=O) groups excluding carboxylic acids is 2. The Labute approximate surface area is 387 Å². The maximum absolute atomic E-state index is 16.2. The summed E-state index contributed by atoms with van der Waals surface area (Å²) in [6, 6.07) is 15.9. The third-order valence-corrected chi connectivity index (χ3v) is 16.1. The fourth-order valence-electron chi connectivity index (χ4n) is 12.3. The van der Waals surface area contributed by atoms with E-state index in [1.807, 2.05) is 18.2 Å². The molecule has 11 rings (SSSR count). The van der Waals surface area contributed by atoms with Crippen LogP contribution in [0.5, 0.6) is 5.75 Å². The summed E-state index contributed by atoms with van der Waals surface area (Å²) in [6.45, 7) is 5.52. The number of phenols is 1. The second-order valence-electron chi connectivity index (χ2n) is 20.1. The average molecular weight is 918 g/mol. The number of piperazine rings is 1. The molecule has 3 amide bonds. The highest BCUT2D eigenvalue weighted by atomic mass is 19.3. The number of amides is 3. The van der Waals surface area contributed by atoms with E-state index >= 15 is 13.2 Å². The van der Waals surface area contributed by atoms with Gasteiger partial charge >= 0.3 is 6.03 Å². The zero-order valence-corrected chi connectivity index (χ0v) is 37.9. The zero-order chi connectivity index (χ0) is 46.2. The van der Waals surface area contributed by atoms with Crippen LogP contribution in [0.4, 0.5) is 46.5 Å². The molecule has 3 unspecified atom stereocenters. The van der Waals surface area contributed by atoms with Gasteiger partial charge < -0.3 is 35.0 Å². The summed E-state index contributed by atoms with van der Waals surface area (Å²) < 4.78 is 50.4. The molecule has 1 spiro atoms. The van der Waals surface area contributed by atoms with Gasteiger partial charge in [-0.05, 0) is 131 Å². The topological polar surface area (TPSA) is 152 Å². The number of rotatable bonds is 8. The number of nitrogens with zero attached hydrogens (tertiary/aromatic N) is 9. The Kier molecular flexibility index (Phi) is 11.0. The number of phenolic OH excluding ortho intramolecular Hbond substituents is 1. The maximum atomic E-state index is 16.2. The van der Waals surface area contributed by atoms with Crippen molar-refractivity contribution in [3.8, 4) is 17.0 Å². The molecule has 5 aliphatic heterocycles. The lowest BCUT2D eigenvalue weighted by molar-refractivity contribution is -0.120. The Bertz CT molecular complexity index is 2700. The van der Waals surface area contributed by atoms with Crippen molar-refractivity contribution in [3.05, 3.63) is 78.4 Å². The number of nitrogens with two attached hydrogens (primary N) is 1. The van der Waals surface area contributed by atoms with Crippen molar-refractivity contribution in [2.45, 2.75) is 95.2 Å². The minimum absolute atomic E-state index is 0.104. The number of benzene rings is 2. The number of aromatic hydroxyl groups is 1. The first kappa shape index (κ1) is 43.5. The van der Waals surface area contributed by atoms with Gasteiger partial charge in [0.25, 0.3) is 5.92 Å². The molecule has 6 fully saturated rings. The van der Waals surface area contributed by atoms with Crippen LogP contribution in [0.1, 0.15) is 75.8 Å². The molecule has 2 aromatic carbocycles. The zero-order valence-electron chi connectivity index (χ0n) is 37.9. The number of carbonyl (C=O) groups is 2. The van der Waals surface area contributed by atoms with Gasteiger partial charge in [0.1, 0.15) is 17.2 Å². The molecule has 352 valence electrons. The molecule has 1 aliphatic carbocycles. The standard InChI is InChI=1S/C50H58F3N11O3/c1-31-26-63(47-39(31)22-37(25-55-47)62-19-13-45(66)56-48(62)67)33-10-14-49(15-11-33)16-20-59(21-17-49)27-32-12-18-60(30-50(32,52)53)42-23-34(8-9-40(42)51)64-35-6-7-36(64)29-61(28-35)43-24-41(57-58-46(43)54)38-4-2-3-5-44(38)65/h2-5,8-9,22-26,32-33,35-36,65H,6-7,10-21,27-30H2,1H3,(H2,54,58)(H,56,66,67). The van der Waals surface area contributed by atoms with Crippen molar-refractivity contribution < 1.29 is 27.9 Å². The Balaban J connectivity index is 0.692. The van der Waals surface area contributed by atoms with Crippen molar-refractivity contribution in [1.82, 2.24) is 30.0 Å². The first-order valence-corrected chi connectivity index (χ1v) is 24.0. The van der Waals surface area contributed by atoms with E-state index in [0.717, 1.165) is 92.4 Å². The molecular weight excluding hydrogens is 860 g/mol. The number of halogens is 3. The quantitative estimate of drug-likeness (QED) is 0.139. The fraction of sp³-hybridized carbons (Fsp3) is 0.500. The third-order valence-electron chi connectivity index (χ3n) is 16.1. The third kappa shape index (κ3) is 8.05. The lowest BCUT2D eigenvalue weighted by Gasteiger charge is -2.48. The van der Waals surface area contributed by atoms with Crippen LogP contribution >= 0.6 is 0 Å². The van der Waals surface area contributed by atoms with E-state index in [-0.39, 0.29) is 41.3 Å². The molecule has 6 aliphatic rings. The largest absolute Gasteiger partial charge is 0.507 e. The minimum Gasteiger partial charge on any atom is -0.507 e. The number of urea groups is 1. The Hall–Kier alpha value is -6.10. The molecule has 14 nitrogen and oxygen atoms in total. The Morgan fingerprint density at radius 1 is 0.836 bits per heavy atom. The predicted molar refractivity (Wildman–Crippen MR) is 252 cm³/mol. The average Bonchev–Trinajstić information content (AvgIpc) is 3.79. The second-order valence-corrected chi connectivity index (χ2v) is 20.1.